The summed E-state index contributed by atoms with van der Waals surface area (Å²) in [6.45, 7) is 4.06. The Kier molecular flexibility index (Phi) is 5.11. The van der Waals surface area contributed by atoms with Gasteiger partial charge in [0, 0.05) is 22.6 Å². The fourth-order valence-electron chi connectivity index (χ4n) is 3.31. The van der Waals surface area contributed by atoms with E-state index < -0.39 is 5.92 Å². The van der Waals surface area contributed by atoms with Crippen LogP contribution in [-0.4, -0.2) is 22.0 Å². The molecule has 2 aromatic heterocycles. The molecule has 0 aromatic carbocycles. The van der Waals surface area contributed by atoms with Crippen LogP contribution in [0.4, 0.5) is 0 Å². The lowest BCUT2D eigenvalue weighted by atomic mass is 9.89. The Balaban J connectivity index is 1.88. The first-order valence-corrected chi connectivity index (χ1v) is 9.27. The van der Waals surface area contributed by atoms with E-state index in [1.807, 2.05) is 13.0 Å². The second kappa shape index (κ2) is 7.11. The maximum absolute atomic E-state index is 12.8. The normalized spacial score (nSPS) is 21.6. The molecule has 1 fully saturated rings. The van der Waals surface area contributed by atoms with Crippen molar-refractivity contribution in [2.45, 2.75) is 39.0 Å². The summed E-state index contributed by atoms with van der Waals surface area (Å²) in [4.78, 5) is 33.9. The van der Waals surface area contributed by atoms with E-state index >= 15 is 0 Å². The Morgan fingerprint density at radius 2 is 2.21 bits per heavy atom. The Labute approximate surface area is 150 Å². The second-order valence-corrected chi connectivity index (χ2v) is 8.05. The molecule has 1 saturated carbocycles. The van der Waals surface area contributed by atoms with Crippen LogP contribution in [0.1, 0.15) is 42.7 Å². The van der Waals surface area contributed by atoms with Gasteiger partial charge in [0.2, 0.25) is 0 Å². The average Bonchev–Trinajstić information content (AvgIpc) is 3.15. The zero-order chi connectivity index (χ0) is 17.3. The van der Waals surface area contributed by atoms with Gasteiger partial charge in [-0.3, -0.25) is 4.79 Å². The number of ketones is 1. The van der Waals surface area contributed by atoms with Crippen LogP contribution >= 0.6 is 22.9 Å². The summed E-state index contributed by atoms with van der Waals surface area (Å²) < 4.78 is 0. The number of rotatable bonds is 5. The van der Waals surface area contributed by atoms with Crippen molar-refractivity contribution in [2.75, 3.05) is 0 Å². The topological polar surface area (TPSA) is 59.9 Å². The van der Waals surface area contributed by atoms with Gasteiger partial charge in [-0.1, -0.05) is 18.5 Å². The molecule has 126 valence electrons. The van der Waals surface area contributed by atoms with Crippen molar-refractivity contribution in [3.05, 3.63) is 34.1 Å². The number of hydrogen-bond acceptors (Lipinski definition) is 5. The third kappa shape index (κ3) is 3.42. The minimum absolute atomic E-state index is 0.0167. The lowest BCUT2D eigenvalue weighted by Crippen LogP contribution is -2.22. The molecule has 4 nitrogen and oxygen atoms in total. The number of pyridine rings is 1. The van der Waals surface area contributed by atoms with Crippen LogP contribution in [0.15, 0.2) is 18.3 Å². The molecular weight excluding hydrogens is 344 g/mol. The molecule has 0 bridgehead atoms. The van der Waals surface area contributed by atoms with Gasteiger partial charge >= 0.3 is 0 Å². The van der Waals surface area contributed by atoms with E-state index in [0.717, 1.165) is 41.0 Å². The van der Waals surface area contributed by atoms with Crippen molar-refractivity contribution in [3.63, 3.8) is 0 Å². The summed E-state index contributed by atoms with van der Waals surface area (Å²) in [5.41, 5.74) is 1.43. The number of thiazole rings is 1. The van der Waals surface area contributed by atoms with Gasteiger partial charge in [0.1, 0.15) is 22.4 Å². The van der Waals surface area contributed by atoms with Gasteiger partial charge in [0.25, 0.3) is 0 Å². The lowest BCUT2D eigenvalue weighted by Gasteiger charge is -2.13. The largest absolute Gasteiger partial charge is 0.302 e. The number of carbonyl (C=O) groups excluding carboxylic acids is 2. The van der Waals surface area contributed by atoms with Crippen LogP contribution in [0.25, 0.3) is 10.6 Å². The first-order chi connectivity index (χ1) is 11.5. The predicted molar refractivity (Wildman–Crippen MR) is 95.4 cm³/mol. The maximum atomic E-state index is 12.8. The zero-order valence-corrected chi connectivity index (χ0v) is 15.2. The van der Waals surface area contributed by atoms with E-state index in [9.17, 15) is 9.59 Å². The first kappa shape index (κ1) is 17.2. The molecule has 0 N–H and O–H groups in total. The summed E-state index contributed by atoms with van der Waals surface area (Å²) in [7, 11) is 0. The standard InChI is InChI=1S/C18H19ClN2O2S/c1-10-3-4-12(7-10)17(23)14(9-22)16-11(2)24-18(21-16)13-5-6-15(19)20-8-13/h5-6,8-10,12,14H,3-4,7H2,1-2H3/t10-,12-,14?/m1/s1. The summed E-state index contributed by atoms with van der Waals surface area (Å²) in [6.07, 6.45) is 5.21. The molecule has 0 aliphatic heterocycles. The van der Waals surface area contributed by atoms with Gasteiger partial charge < -0.3 is 4.79 Å². The van der Waals surface area contributed by atoms with Crippen molar-refractivity contribution in [3.8, 4) is 10.6 Å². The minimum atomic E-state index is -0.759. The molecule has 24 heavy (non-hydrogen) atoms. The van der Waals surface area contributed by atoms with Crippen LogP contribution in [-0.2, 0) is 9.59 Å². The third-order valence-corrected chi connectivity index (χ3v) is 5.90. The fraction of sp³-hybridized carbons (Fsp3) is 0.444. The molecule has 1 unspecified atom stereocenters. The summed E-state index contributed by atoms with van der Waals surface area (Å²) in [5.74, 6) is -0.204. The molecule has 0 saturated heterocycles. The fourth-order valence-corrected chi connectivity index (χ4v) is 4.37. The number of aldehydes is 1. The number of hydrogen-bond donors (Lipinski definition) is 0. The van der Waals surface area contributed by atoms with Crippen molar-refractivity contribution < 1.29 is 9.59 Å². The van der Waals surface area contributed by atoms with Gasteiger partial charge in [0.15, 0.2) is 5.78 Å². The summed E-state index contributed by atoms with van der Waals surface area (Å²) >= 11 is 7.29. The number of aryl methyl sites for hydroxylation is 1. The number of aromatic nitrogens is 2. The Bertz CT molecular complexity index is 757. The molecule has 3 atom stereocenters. The Morgan fingerprint density at radius 1 is 1.42 bits per heavy atom. The van der Waals surface area contributed by atoms with Gasteiger partial charge in [-0.05, 0) is 44.2 Å². The number of Topliss-reactive ketones (excluding diaryl/α,β-unsaturated/α-hetero) is 1. The Morgan fingerprint density at radius 3 is 2.79 bits per heavy atom. The zero-order valence-electron chi connectivity index (χ0n) is 13.7. The summed E-state index contributed by atoms with van der Waals surface area (Å²) in [5, 5.41) is 1.18. The summed E-state index contributed by atoms with van der Waals surface area (Å²) in [6, 6.07) is 3.54. The van der Waals surface area contributed by atoms with E-state index in [0.29, 0.717) is 16.8 Å². The Hall–Kier alpha value is -1.59. The lowest BCUT2D eigenvalue weighted by molar-refractivity contribution is -0.127. The highest BCUT2D eigenvalue weighted by Gasteiger charge is 2.34. The molecule has 0 radical (unpaired) electrons. The van der Waals surface area contributed by atoms with Crippen molar-refractivity contribution in [2.24, 2.45) is 11.8 Å². The monoisotopic (exact) mass is 362 g/mol. The quantitative estimate of drug-likeness (QED) is 0.447. The minimum Gasteiger partial charge on any atom is -0.302 e. The molecule has 1 aliphatic rings. The maximum Gasteiger partial charge on any atom is 0.152 e. The van der Waals surface area contributed by atoms with E-state index in [1.54, 1.807) is 12.3 Å². The smallest absolute Gasteiger partial charge is 0.152 e. The van der Waals surface area contributed by atoms with Gasteiger partial charge in [-0.15, -0.1) is 11.3 Å². The van der Waals surface area contributed by atoms with Crippen molar-refractivity contribution >= 4 is 35.0 Å². The van der Waals surface area contributed by atoms with Crippen LogP contribution < -0.4 is 0 Å². The average molecular weight is 363 g/mol. The van der Waals surface area contributed by atoms with Gasteiger partial charge in [-0.2, -0.15) is 0 Å². The highest BCUT2D eigenvalue weighted by molar-refractivity contribution is 7.15. The molecule has 2 aromatic rings. The number of halogens is 1. The molecule has 0 amide bonds. The van der Waals surface area contributed by atoms with E-state index in [4.69, 9.17) is 11.6 Å². The predicted octanol–water partition coefficient (Wildman–Crippen LogP) is 4.45. The van der Waals surface area contributed by atoms with Crippen LogP contribution in [0.5, 0.6) is 0 Å². The van der Waals surface area contributed by atoms with Crippen LogP contribution in [0.3, 0.4) is 0 Å². The van der Waals surface area contributed by atoms with E-state index in [-0.39, 0.29) is 11.7 Å². The first-order valence-electron chi connectivity index (χ1n) is 8.08. The second-order valence-electron chi connectivity index (χ2n) is 6.46. The van der Waals surface area contributed by atoms with E-state index in [1.165, 1.54) is 11.3 Å². The van der Waals surface area contributed by atoms with Crippen molar-refractivity contribution in [1.82, 2.24) is 9.97 Å². The van der Waals surface area contributed by atoms with Gasteiger partial charge in [-0.25, -0.2) is 9.97 Å². The van der Waals surface area contributed by atoms with Crippen LogP contribution in [0, 0.1) is 18.8 Å². The molecule has 0 spiro atoms. The van der Waals surface area contributed by atoms with Crippen molar-refractivity contribution in [1.29, 1.82) is 0 Å². The molecular formula is C18H19ClN2O2S. The molecule has 1 aliphatic carbocycles. The van der Waals surface area contributed by atoms with Gasteiger partial charge in [0.05, 0.1) is 5.69 Å². The number of nitrogens with zero attached hydrogens (tertiary/aromatic N) is 2. The third-order valence-electron chi connectivity index (χ3n) is 4.64. The highest BCUT2D eigenvalue weighted by Crippen LogP contribution is 2.37. The SMILES string of the molecule is Cc1sc(-c2ccc(Cl)nc2)nc1C(C=O)C(=O)[C@@H]1CC[C@@H](C)C1. The number of carbonyl (C=O) groups is 2. The molecule has 6 heteroatoms. The van der Waals surface area contributed by atoms with Crippen LogP contribution in [0.2, 0.25) is 5.15 Å². The molecule has 3 rings (SSSR count). The molecule has 2 heterocycles. The highest BCUT2D eigenvalue weighted by atomic mass is 35.5. The van der Waals surface area contributed by atoms with E-state index in [2.05, 4.69) is 16.9 Å².